The van der Waals surface area contributed by atoms with Crippen LogP contribution in [0.4, 0.5) is 5.69 Å². The van der Waals surface area contributed by atoms with Gasteiger partial charge in [0.15, 0.2) is 0 Å². The lowest BCUT2D eigenvalue weighted by atomic mass is 10.1. The van der Waals surface area contributed by atoms with Gasteiger partial charge in [0, 0.05) is 23.8 Å². The van der Waals surface area contributed by atoms with Crippen LogP contribution in [0.2, 0.25) is 0 Å². The van der Waals surface area contributed by atoms with E-state index >= 15 is 0 Å². The highest BCUT2D eigenvalue weighted by Gasteiger charge is 2.04. The molecular weight excluding hydrogens is 266 g/mol. The van der Waals surface area contributed by atoms with Gasteiger partial charge in [-0.25, -0.2) is 0 Å². The van der Waals surface area contributed by atoms with Crippen LogP contribution in [0, 0.1) is 6.92 Å². The molecule has 3 N–H and O–H groups in total. The van der Waals surface area contributed by atoms with Crippen LogP contribution in [0.5, 0.6) is 0 Å². The third-order valence-electron chi connectivity index (χ3n) is 3.35. The fourth-order valence-corrected chi connectivity index (χ4v) is 2.24. The number of hydrogen-bond acceptors (Lipinski definition) is 3. The Morgan fingerprint density at radius 1 is 1.10 bits per heavy atom. The molecule has 3 aromatic rings. The Morgan fingerprint density at radius 3 is 2.76 bits per heavy atom. The second kappa shape index (κ2) is 5.28. The molecule has 0 bridgehead atoms. The maximum absolute atomic E-state index is 12.0. The first kappa shape index (κ1) is 13.2. The van der Waals surface area contributed by atoms with Gasteiger partial charge in [-0.05, 0) is 36.1 Å². The summed E-state index contributed by atoms with van der Waals surface area (Å²) in [6, 6.07) is 11.2. The van der Waals surface area contributed by atoms with E-state index in [-0.39, 0.29) is 11.1 Å². The highest BCUT2D eigenvalue weighted by Crippen LogP contribution is 2.11. The van der Waals surface area contributed by atoms with Crippen LogP contribution in [0.1, 0.15) is 11.1 Å². The molecule has 0 unspecified atom stereocenters. The fourth-order valence-electron chi connectivity index (χ4n) is 2.24. The van der Waals surface area contributed by atoms with Gasteiger partial charge in [0.25, 0.3) is 11.1 Å². The maximum Gasteiger partial charge on any atom is 0.271 e. The Bertz CT molecular complexity index is 909. The molecule has 0 amide bonds. The zero-order valence-electron chi connectivity index (χ0n) is 11.6. The van der Waals surface area contributed by atoms with Crippen molar-refractivity contribution in [2.75, 3.05) is 5.32 Å². The minimum Gasteiger partial charge on any atom is -0.376 e. The van der Waals surface area contributed by atoms with Gasteiger partial charge in [-0.3, -0.25) is 9.59 Å². The predicted molar refractivity (Wildman–Crippen MR) is 83.7 cm³/mol. The Balaban J connectivity index is 1.91. The van der Waals surface area contributed by atoms with Gasteiger partial charge in [-0.2, -0.15) is 0 Å². The summed E-state index contributed by atoms with van der Waals surface area (Å²) in [5.74, 6) is 0. The normalized spacial score (nSPS) is 10.7. The number of anilines is 1. The van der Waals surface area contributed by atoms with Crippen molar-refractivity contribution >= 4 is 16.6 Å². The third kappa shape index (κ3) is 2.72. The Hall–Kier alpha value is -2.82. The molecule has 5 nitrogen and oxygen atoms in total. The Morgan fingerprint density at radius 2 is 1.90 bits per heavy atom. The van der Waals surface area contributed by atoms with Gasteiger partial charge in [-0.1, -0.05) is 18.2 Å². The minimum absolute atomic E-state index is 0.148. The molecule has 21 heavy (non-hydrogen) atoms. The predicted octanol–water partition coefficient (Wildman–Crippen LogP) is 2.14. The molecule has 0 atom stereocenters. The van der Waals surface area contributed by atoms with Gasteiger partial charge < -0.3 is 15.3 Å². The average Bonchev–Trinajstić information content (AvgIpc) is 2.48. The van der Waals surface area contributed by atoms with Gasteiger partial charge in [0.05, 0.1) is 0 Å². The van der Waals surface area contributed by atoms with Gasteiger partial charge in [0.1, 0.15) is 5.69 Å². The van der Waals surface area contributed by atoms with Gasteiger partial charge >= 0.3 is 0 Å². The smallest absolute Gasteiger partial charge is 0.271 e. The van der Waals surface area contributed by atoms with E-state index in [0.29, 0.717) is 17.8 Å². The third-order valence-corrected chi connectivity index (χ3v) is 3.35. The zero-order chi connectivity index (χ0) is 14.8. The summed E-state index contributed by atoms with van der Waals surface area (Å²) < 4.78 is 0. The highest BCUT2D eigenvalue weighted by atomic mass is 16.1. The van der Waals surface area contributed by atoms with E-state index in [9.17, 15) is 9.59 Å². The van der Waals surface area contributed by atoms with E-state index in [4.69, 9.17) is 0 Å². The second-order valence-corrected chi connectivity index (χ2v) is 4.98. The molecule has 2 aromatic heterocycles. The fraction of sp³-hybridized carbons (Fsp3) is 0.125. The molecule has 0 aliphatic rings. The first-order chi connectivity index (χ1) is 10.1. The maximum atomic E-state index is 12.0. The average molecular weight is 281 g/mol. The summed E-state index contributed by atoms with van der Waals surface area (Å²) in [5.41, 5.74) is 2.46. The van der Waals surface area contributed by atoms with Crippen molar-refractivity contribution in [2.24, 2.45) is 0 Å². The lowest BCUT2D eigenvalue weighted by Gasteiger charge is -2.07. The number of aromatic amines is 2. The topological polar surface area (TPSA) is 77.8 Å². The van der Waals surface area contributed by atoms with Crippen molar-refractivity contribution in [2.45, 2.75) is 13.5 Å². The van der Waals surface area contributed by atoms with Crippen molar-refractivity contribution in [3.63, 3.8) is 0 Å². The number of benzene rings is 1. The standard InChI is InChI=1S/C16H15N3O2/c1-10-6-14(16(21)18-8-10)17-9-12-7-11-4-2-3-5-13(11)19-15(12)20/h2-8,17H,9H2,1H3,(H,18,21)(H,19,20). The summed E-state index contributed by atoms with van der Waals surface area (Å²) in [6.07, 6.45) is 1.65. The van der Waals surface area contributed by atoms with Crippen LogP contribution < -0.4 is 16.4 Å². The number of aromatic nitrogens is 2. The van der Waals surface area contributed by atoms with E-state index < -0.39 is 0 Å². The number of fused-ring (bicyclic) bond motifs is 1. The number of para-hydroxylation sites is 1. The van der Waals surface area contributed by atoms with E-state index in [2.05, 4.69) is 15.3 Å². The van der Waals surface area contributed by atoms with Crippen molar-refractivity contribution in [1.29, 1.82) is 0 Å². The van der Waals surface area contributed by atoms with Crippen LogP contribution >= 0.6 is 0 Å². The van der Waals surface area contributed by atoms with Crippen molar-refractivity contribution in [3.8, 4) is 0 Å². The largest absolute Gasteiger partial charge is 0.376 e. The number of H-pyrrole nitrogens is 2. The SMILES string of the molecule is Cc1c[nH]c(=O)c(NCc2cc3ccccc3[nH]c2=O)c1. The summed E-state index contributed by atoms with van der Waals surface area (Å²) in [5, 5.41) is 3.98. The monoisotopic (exact) mass is 281 g/mol. The molecule has 106 valence electrons. The van der Waals surface area contributed by atoms with Crippen molar-refractivity contribution in [1.82, 2.24) is 9.97 Å². The lowest BCUT2D eigenvalue weighted by molar-refractivity contribution is 1.07. The number of aryl methyl sites for hydroxylation is 1. The summed E-state index contributed by atoms with van der Waals surface area (Å²) >= 11 is 0. The molecular formula is C16H15N3O2. The summed E-state index contributed by atoms with van der Waals surface area (Å²) in [6.45, 7) is 2.19. The Labute approximate surface area is 120 Å². The quantitative estimate of drug-likeness (QED) is 0.688. The molecule has 0 aliphatic heterocycles. The highest BCUT2D eigenvalue weighted by molar-refractivity contribution is 5.78. The Kier molecular flexibility index (Phi) is 3.31. The first-order valence-electron chi connectivity index (χ1n) is 6.67. The molecule has 2 heterocycles. The van der Waals surface area contributed by atoms with E-state index in [0.717, 1.165) is 16.5 Å². The molecule has 0 aliphatic carbocycles. The molecule has 0 saturated carbocycles. The van der Waals surface area contributed by atoms with E-state index in [1.807, 2.05) is 37.3 Å². The van der Waals surface area contributed by atoms with Crippen LogP contribution in [0.25, 0.3) is 10.9 Å². The lowest BCUT2D eigenvalue weighted by Crippen LogP contribution is -2.19. The van der Waals surface area contributed by atoms with Gasteiger partial charge in [0.2, 0.25) is 0 Å². The van der Waals surface area contributed by atoms with Crippen LogP contribution in [-0.4, -0.2) is 9.97 Å². The number of rotatable bonds is 3. The molecule has 0 radical (unpaired) electrons. The molecule has 5 heteroatoms. The number of pyridine rings is 2. The van der Waals surface area contributed by atoms with E-state index in [1.165, 1.54) is 0 Å². The number of hydrogen-bond donors (Lipinski definition) is 3. The van der Waals surface area contributed by atoms with Crippen LogP contribution in [-0.2, 0) is 6.54 Å². The minimum atomic E-state index is -0.196. The van der Waals surface area contributed by atoms with Crippen molar-refractivity contribution < 1.29 is 0 Å². The molecule has 1 aromatic carbocycles. The summed E-state index contributed by atoms with van der Waals surface area (Å²) in [4.78, 5) is 29.2. The second-order valence-electron chi connectivity index (χ2n) is 4.98. The van der Waals surface area contributed by atoms with E-state index in [1.54, 1.807) is 12.3 Å². The zero-order valence-corrected chi connectivity index (χ0v) is 11.6. The van der Waals surface area contributed by atoms with Gasteiger partial charge in [-0.15, -0.1) is 0 Å². The molecule has 0 fully saturated rings. The summed E-state index contributed by atoms with van der Waals surface area (Å²) in [7, 11) is 0. The number of nitrogens with one attached hydrogen (secondary N) is 3. The molecule has 0 saturated heterocycles. The van der Waals surface area contributed by atoms with Crippen LogP contribution in [0.15, 0.2) is 52.2 Å². The molecule has 3 rings (SSSR count). The van der Waals surface area contributed by atoms with Crippen molar-refractivity contribution in [3.05, 3.63) is 74.4 Å². The van der Waals surface area contributed by atoms with Crippen LogP contribution in [0.3, 0.4) is 0 Å². The molecule has 0 spiro atoms. The first-order valence-corrected chi connectivity index (χ1v) is 6.67.